The summed E-state index contributed by atoms with van der Waals surface area (Å²) in [6.07, 6.45) is 2.11. The lowest BCUT2D eigenvalue weighted by molar-refractivity contribution is 0.719. The van der Waals surface area contributed by atoms with E-state index in [1.165, 1.54) is 0 Å². The van der Waals surface area contributed by atoms with Crippen molar-refractivity contribution >= 4 is 11.8 Å². The minimum absolute atomic E-state index is 1.04. The summed E-state index contributed by atoms with van der Waals surface area (Å²) in [7, 11) is 0. The number of nitrogens with zero attached hydrogens (tertiary/aromatic N) is 2. The molecule has 69 valence electrons. The molecule has 3 rings (SSSR count). The number of thioether (sulfide) groups is 1. The number of aromatic nitrogens is 2. The van der Waals surface area contributed by atoms with E-state index in [0.29, 0.717) is 0 Å². The van der Waals surface area contributed by atoms with E-state index >= 15 is 0 Å². The first kappa shape index (κ1) is 8.12. The molecule has 0 fully saturated rings. The molecular formula is C11H9N2S. The molecule has 0 spiro atoms. The second kappa shape index (κ2) is 3.17. The van der Waals surface area contributed by atoms with Crippen molar-refractivity contribution < 1.29 is 0 Å². The van der Waals surface area contributed by atoms with E-state index in [4.69, 9.17) is 0 Å². The molecule has 0 atom stereocenters. The van der Waals surface area contributed by atoms with Gasteiger partial charge in [0.2, 0.25) is 0 Å². The standard InChI is InChI=1S/C11H9N2S/c1-2-4-9(5-3-1)10-8-13-6-7-14-11(13)12-10/h1-4,8H,6-7H2. The zero-order valence-electron chi connectivity index (χ0n) is 7.60. The van der Waals surface area contributed by atoms with Gasteiger partial charge < -0.3 is 4.57 Å². The Kier molecular flexibility index (Phi) is 1.84. The van der Waals surface area contributed by atoms with E-state index in [0.717, 1.165) is 28.7 Å². The van der Waals surface area contributed by atoms with Gasteiger partial charge in [0.05, 0.1) is 5.69 Å². The fourth-order valence-corrected chi connectivity index (χ4v) is 2.54. The van der Waals surface area contributed by atoms with E-state index in [1.54, 1.807) is 0 Å². The van der Waals surface area contributed by atoms with Crippen molar-refractivity contribution in [1.82, 2.24) is 9.55 Å². The first-order valence-electron chi connectivity index (χ1n) is 4.60. The van der Waals surface area contributed by atoms with Gasteiger partial charge >= 0.3 is 0 Å². The molecule has 0 N–H and O–H groups in total. The van der Waals surface area contributed by atoms with Gasteiger partial charge in [-0.05, 0) is 6.07 Å². The first-order chi connectivity index (χ1) is 6.93. The Labute approximate surface area is 87.0 Å². The van der Waals surface area contributed by atoms with Crippen molar-refractivity contribution in [2.24, 2.45) is 0 Å². The van der Waals surface area contributed by atoms with Crippen LogP contribution < -0.4 is 0 Å². The van der Waals surface area contributed by atoms with Gasteiger partial charge in [-0.25, -0.2) is 4.98 Å². The third-order valence-corrected chi connectivity index (χ3v) is 3.26. The zero-order valence-corrected chi connectivity index (χ0v) is 8.42. The molecule has 3 heteroatoms. The van der Waals surface area contributed by atoms with Crippen molar-refractivity contribution in [3.63, 3.8) is 0 Å². The molecule has 0 saturated heterocycles. The maximum Gasteiger partial charge on any atom is 0.168 e. The van der Waals surface area contributed by atoms with Gasteiger partial charge in [0.15, 0.2) is 5.16 Å². The summed E-state index contributed by atoms with van der Waals surface area (Å²) >= 11 is 1.82. The predicted octanol–water partition coefficient (Wildman–Crippen LogP) is 2.46. The van der Waals surface area contributed by atoms with E-state index in [9.17, 15) is 0 Å². The molecule has 0 saturated carbocycles. The lowest BCUT2D eigenvalue weighted by atomic mass is 10.2. The Bertz CT molecular complexity index is 426. The van der Waals surface area contributed by atoms with Crippen molar-refractivity contribution in [2.45, 2.75) is 11.7 Å². The molecule has 0 amide bonds. The highest BCUT2D eigenvalue weighted by Gasteiger charge is 2.14. The fourth-order valence-electron chi connectivity index (χ4n) is 1.59. The summed E-state index contributed by atoms with van der Waals surface area (Å²) in [6.45, 7) is 1.08. The topological polar surface area (TPSA) is 17.8 Å². The van der Waals surface area contributed by atoms with Crippen LogP contribution in [0.2, 0.25) is 0 Å². The third kappa shape index (κ3) is 1.24. The fraction of sp³-hybridized carbons (Fsp3) is 0.182. The van der Waals surface area contributed by atoms with Crippen LogP contribution in [0, 0.1) is 6.07 Å². The van der Waals surface area contributed by atoms with Gasteiger partial charge in [-0.2, -0.15) is 0 Å². The Balaban J connectivity index is 2.06. The number of hydrogen-bond donors (Lipinski definition) is 0. The van der Waals surface area contributed by atoms with Gasteiger partial charge in [0.1, 0.15) is 0 Å². The number of benzene rings is 1. The molecule has 2 nitrogen and oxygen atoms in total. The van der Waals surface area contributed by atoms with Crippen LogP contribution in [-0.4, -0.2) is 15.3 Å². The average Bonchev–Trinajstić information content (AvgIpc) is 2.78. The van der Waals surface area contributed by atoms with Crippen molar-refractivity contribution in [2.75, 3.05) is 5.75 Å². The molecule has 0 aliphatic carbocycles. The smallest absolute Gasteiger partial charge is 0.168 e. The normalized spacial score (nSPS) is 14.3. The molecule has 0 bridgehead atoms. The van der Waals surface area contributed by atoms with E-state index < -0.39 is 0 Å². The van der Waals surface area contributed by atoms with Gasteiger partial charge in [-0.15, -0.1) is 0 Å². The quantitative estimate of drug-likeness (QED) is 0.705. The first-order valence-corrected chi connectivity index (χ1v) is 5.59. The predicted molar refractivity (Wildman–Crippen MR) is 57.2 cm³/mol. The summed E-state index contributed by atoms with van der Waals surface area (Å²) in [5, 5.41) is 1.14. The molecule has 1 aliphatic rings. The summed E-state index contributed by atoms with van der Waals surface area (Å²) in [4.78, 5) is 4.56. The zero-order chi connectivity index (χ0) is 9.38. The molecule has 1 aromatic carbocycles. The Hall–Kier alpha value is -1.22. The summed E-state index contributed by atoms with van der Waals surface area (Å²) < 4.78 is 2.21. The van der Waals surface area contributed by atoms with Gasteiger partial charge in [-0.3, -0.25) is 0 Å². The van der Waals surface area contributed by atoms with Crippen LogP contribution in [0.15, 0.2) is 35.6 Å². The largest absolute Gasteiger partial charge is 0.325 e. The van der Waals surface area contributed by atoms with Crippen molar-refractivity contribution in [3.05, 3.63) is 36.5 Å². The van der Waals surface area contributed by atoms with Crippen LogP contribution in [-0.2, 0) is 6.54 Å². The minimum atomic E-state index is 1.04. The SMILES string of the molecule is [c]1ccccc1-c1cn2c(n1)SCC2. The Morgan fingerprint density at radius 2 is 2.43 bits per heavy atom. The number of imidazole rings is 1. The number of rotatable bonds is 1. The number of hydrogen-bond acceptors (Lipinski definition) is 2. The summed E-state index contributed by atoms with van der Waals surface area (Å²) in [5.41, 5.74) is 2.11. The Morgan fingerprint density at radius 3 is 3.21 bits per heavy atom. The van der Waals surface area contributed by atoms with Crippen LogP contribution in [0.3, 0.4) is 0 Å². The maximum atomic E-state index is 4.56. The van der Waals surface area contributed by atoms with Gasteiger partial charge in [-0.1, -0.05) is 36.0 Å². The van der Waals surface area contributed by atoms with E-state index in [1.807, 2.05) is 36.0 Å². The molecule has 1 aromatic heterocycles. The molecule has 2 heterocycles. The highest BCUT2D eigenvalue weighted by Crippen LogP contribution is 2.28. The molecule has 1 radical (unpaired) electrons. The highest BCUT2D eigenvalue weighted by molar-refractivity contribution is 7.99. The molecule has 0 unspecified atom stereocenters. The molecule has 1 aliphatic heterocycles. The average molecular weight is 201 g/mol. The van der Waals surface area contributed by atoms with Crippen LogP contribution >= 0.6 is 11.8 Å². The summed E-state index contributed by atoms with van der Waals surface area (Å²) in [6, 6.07) is 11.1. The lowest BCUT2D eigenvalue weighted by Gasteiger charge is -1.93. The minimum Gasteiger partial charge on any atom is -0.325 e. The molecule has 14 heavy (non-hydrogen) atoms. The molecule has 2 aromatic rings. The van der Waals surface area contributed by atoms with E-state index in [-0.39, 0.29) is 0 Å². The maximum absolute atomic E-state index is 4.56. The number of fused-ring (bicyclic) bond motifs is 1. The van der Waals surface area contributed by atoms with Crippen molar-refractivity contribution in [1.29, 1.82) is 0 Å². The molecular weight excluding hydrogens is 192 g/mol. The lowest BCUT2D eigenvalue weighted by Crippen LogP contribution is -1.89. The Morgan fingerprint density at radius 1 is 1.43 bits per heavy atom. The second-order valence-electron chi connectivity index (χ2n) is 3.23. The van der Waals surface area contributed by atoms with E-state index in [2.05, 4.69) is 21.8 Å². The monoisotopic (exact) mass is 201 g/mol. The van der Waals surface area contributed by atoms with Crippen LogP contribution in [0.1, 0.15) is 0 Å². The third-order valence-electron chi connectivity index (χ3n) is 2.29. The number of aryl methyl sites for hydroxylation is 1. The van der Waals surface area contributed by atoms with Crippen molar-refractivity contribution in [3.8, 4) is 11.3 Å². The summed E-state index contributed by atoms with van der Waals surface area (Å²) in [5.74, 6) is 1.15. The highest BCUT2D eigenvalue weighted by atomic mass is 32.2. The van der Waals surface area contributed by atoms with Gasteiger partial charge in [0.25, 0.3) is 0 Å². The van der Waals surface area contributed by atoms with Gasteiger partial charge in [0, 0.05) is 24.1 Å². The second-order valence-corrected chi connectivity index (χ2v) is 4.29. The van der Waals surface area contributed by atoms with Crippen LogP contribution in [0.25, 0.3) is 11.3 Å². The van der Waals surface area contributed by atoms with Crippen LogP contribution in [0.4, 0.5) is 0 Å². The van der Waals surface area contributed by atoms with Crippen LogP contribution in [0.5, 0.6) is 0 Å².